The molecule has 4 rings (SSSR count). The third kappa shape index (κ3) is 6.03. The number of benzene rings is 2. The van der Waals surface area contributed by atoms with Crippen LogP contribution < -0.4 is 10.1 Å². The van der Waals surface area contributed by atoms with Crippen LogP contribution >= 0.6 is 11.6 Å². The number of hydrogen-bond donors (Lipinski definition) is 1. The van der Waals surface area contributed by atoms with Gasteiger partial charge in [-0.05, 0) is 68.1 Å². The zero-order valence-corrected chi connectivity index (χ0v) is 22.2. The van der Waals surface area contributed by atoms with Gasteiger partial charge in [0.15, 0.2) is 0 Å². The minimum Gasteiger partial charge on any atom is -0.492 e. The van der Waals surface area contributed by atoms with E-state index in [4.69, 9.17) is 16.3 Å². The van der Waals surface area contributed by atoms with E-state index in [0.717, 1.165) is 32.1 Å². The van der Waals surface area contributed by atoms with Gasteiger partial charge in [-0.3, -0.25) is 4.79 Å². The van der Waals surface area contributed by atoms with E-state index >= 15 is 0 Å². The zero-order chi connectivity index (χ0) is 25.8. The lowest BCUT2D eigenvalue weighted by molar-refractivity contribution is 0.0946. The zero-order valence-electron chi connectivity index (χ0n) is 19.9. The average Bonchev–Trinajstić information content (AvgIpc) is 3.44. The van der Waals surface area contributed by atoms with Crippen molar-refractivity contribution in [3.63, 3.8) is 0 Å². The molecular formula is C24H30ClN3O6S2. The molecule has 0 spiro atoms. The molecule has 1 amide bonds. The van der Waals surface area contributed by atoms with Crippen molar-refractivity contribution in [1.82, 2.24) is 13.9 Å². The highest BCUT2D eigenvalue weighted by Crippen LogP contribution is 2.28. The lowest BCUT2D eigenvalue weighted by Crippen LogP contribution is -2.35. The van der Waals surface area contributed by atoms with Crippen molar-refractivity contribution < 1.29 is 26.4 Å². The maximum absolute atomic E-state index is 12.9. The summed E-state index contributed by atoms with van der Waals surface area (Å²) in [5.41, 5.74) is 0.185. The Hall–Kier alpha value is -2.18. The SMILES string of the molecule is O=C(NCCOc1ccc(S(=O)(=O)N2CCCCC2)cc1)c1ccc(Cl)c(S(=O)(=O)N2CCCC2)c1. The van der Waals surface area contributed by atoms with Crippen molar-refractivity contribution in [3.05, 3.63) is 53.1 Å². The second-order valence-corrected chi connectivity index (χ2v) is 13.0. The minimum atomic E-state index is -3.76. The summed E-state index contributed by atoms with van der Waals surface area (Å²) in [5, 5.41) is 2.77. The molecule has 2 fully saturated rings. The van der Waals surface area contributed by atoms with Crippen molar-refractivity contribution in [2.45, 2.75) is 41.9 Å². The molecule has 2 aliphatic rings. The van der Waals surface area contributed by atoms with Crippen LogP contribution in [-0.4, -0.2) is 70.7 Å². The monoisotopic (exact) mass is 555 g/mol. The lowest BCUT2D eigenvalue weighted by atomic mass is 10.2. The maximum atomic E-state index is 12.9. The predicted octanol–water partition coefficient (Wildman–Crippen LogP) is 3.11. The summed E-state index contributed by atoms with van der Waals surface area (Å²) < 4.78 is 59.7. The standard InChI is InChI=1S/C24H30ClN3O6S2/c25-22-11-6-19(18-23(22)36(32,33)28-15-4-5-16-28)24(29)26-12-17-34-20-7-9-21(10-8-20)35(30,31)27-13-2-1-3-14-27/h6-11,18H,1-5,12-17H2,(H,26,29). The molecule has 2 heterocycles. The molecule has 0 saturated carbocycles. The third-order valence-corrected chi connectivity index (χ3v) is 10.6. The molecule has 1 N–H and O–H groups in total. The third-order valence-electron chi connectivity index (χ3n) is 6.31. The molecule has 0 atom stereocenters. The summed E-state index contributed by atoms with van der Waals surface area (Å²) in [5.74, 6) is 0.0310. The largest absolute Gasteiger partial charge is 0.492 e. The van der Waals surface area contributed by atoms with Crippen LogP contribution in [0, 0.1) is 0 Å². The van der Waals surface area contributed by atoms with Crippen LogP contribution in [0.3, 0.4) is 0 Å². The molecule has 2 aliphatic heterocycles. The molecule has 0 aliphatic carbocycles. The summed E-state index contributed by atoms with van der Waals surface area (Å²) in [7, 11) is -7.26. The van der Waals surface area contributed by atoms with Crippen LogP contribution in [0.4, 0.5) is 0 Å². The number of piperidine rings is 1. The number of carbonyl (C=O) groups excluding carboxylic acids is 1. The molecule has 0 aromatic heterocycles. The van der Waals surface area contributed by atoms with Gasteiger partial charge in [-0.15, -0.1) is 0 Å². The molecule has 196 valence electrons. The molecule has 12 heteroatoms. The predicted molar refractivity (Wildman–Crippen MR) is 136 cm³/mol. The van der Waals surface area contributed by atoms with Gasteiger partial charge in [0, 0.05) is 31.7 Å². The summed E-state index contributed by atoms with van der Waals surface area (Å²) in [6.07, 6.45) is 4.39. The Morgan fingerprint density at radius 1 is 0.833 bits per heavy atom. The molecule has 2 aromatic carbocycles. The quantitative estimate of drug-likeness (QED) is 0.476. The topological polar surface area (TPSA) is 113 Å². The van der Waals surface area contributed by atoms with E-state index in [2.05, 4.69) is 5.32 Å². The Morgan fingerprint density at radius 2 is 1.42 bits per heavy atom. The van der Waals surface area contributed by atoms with Gasteiger partial charge in [0.25, 0.3) is 5.91 Å². The van der Waals surface area contributed by atoms with Gasteiger partial charge in [-0.25, -0.2) is 16.8 Å². The Morgan fingerprint density at radius 3 is 2.06 bits per heavy atom. The fourth-order valence-electron chi connectivity index (χ4n) is 4.31. The number of amides is 1. The van der Waals surface area contributed by atoms with E-state index in [1.807, 2.05) is 0 Å². The number of sulfonamides is 2. The Kier molecular flexibility index (Phi) is 8.56. The molecular weight excluding hydrogens is 526 g/mol. The van der Waals surface area contributed by atoms with Crippen LogP contribution in [0.1, 0.15) is 42.5 Å². The molecule has 2 saturated heterocycles. The smallest absolute Gasteiger partial charge is 0.251 e. The number of ether oxygens (including phenoxy) is 1. The number of rotatable bonds is 9. The van der Waals surface area contributed by atoms with Gasteiger partial charge >= 0.3 is 0 Å². The van der Waals surface area contributed by atoms with E-state index in [0.29, 0.717) is 31.9 Å². The second kappa shape index (κ2) is 11.5. The molecule has 36 heavy (non-hydrogen) atoms. The molecule has 0 unspecified atom stereocenters. The van der Waals surface area contributed by atoms with E-state index in [1.165, 1.54) is 38.9 Å². The van der Waals surface area contributed by atoms with Gasteiger partial charge in [0.1, 0.15) is 17.3 Å². The number of carbonyl (C=O) groups is 1. The highest BCUT2D eigenvalue weighted by atomic mass is 35.5. The molecule has 0 bridgehead atoms. The molecule has 2 aromatic rings. The highest BCUT2D eigenvalue weighted by Gasteiger charge is 2.30. The van der Waals surface area contributed by atoms with Crippen LogP contribution in [0.25, 0.3) is 0 Å². The fraction of sp³-hybridized carbons (Fsp3) is 0.458. The number of nitrogens with zero attached hydrogens (tertiary/aromatic N) is 2. The number of nitrogens with one attached hydrogen (secondary N) is 1. The van der Waals surface area contributed by atoms with Crippen molar-refractivity contribution >= 4 is 37.6 Å². The van der Waals surface area contributed by atoms with Crippen LogP contribution in [0.2, 0.25) is 5.02 Å². The average molecular weight is 556 g/mol. The van der Waals surface area contributed by atoms with E-state index in [1.54, 1.807) is 12.1 Å². The van der Waals surface area contributed by atoms with Gasteiger partial charge in [0.05, 0.1) is 16.5 Å². The molecule has 9 nitrogen and oxygen atoms in total. The van der Waals surface area contributed by atoms with Crippen molar-refractivity contribution in [2.75, 3.05) is 39.3 Å². The molecule has 0 radical (unpaired) electrons. The number of halogens is 1. The van der Waals surface area contributed by atoms with Crippen molar-refractivity contribution in [3.8, 4) is 5.75 Å². The number of hydrogen-bond acceptors (Lipinski definition) is 6. The van der Waals surface area contributed by atoms with Gasteiger partial charge in [0.2, 0.25) is 20.0 Å². The first kappa shape index (κ1) is 26.9. The van der Waals surface area contributed by atoms with E-state index in [-0.39, 0.29) is 33.5 Å². The highest BCUT2D eigenvalue weighted by molar-refractivity contribution is 7.89. The maximum Gasteiger partial charge on any atom is 0.251 e. The first-order chi connectivity index (χ1) is 17.2. The van der Waals surface area contributed by atoms with Gasteiger partial charge in [-0.1, -0.05) is 18.0 Å². The fourth-order valence-corrected chi connectivity index (χ4v) is 7.84. The Labute approximate surface area is 217 Å². The first-order valence-corrected chi connectivity index (χ1v) is 15.3. The summed E-state index contributed by atoms with van der Waals surface area (Å²) in [6.45, 7) is 2.29. The van der Waals surface area contributed by atoms with Crippen LogP contribution in [-0.2, 0) is 20.0 Å². The minimum absolute atomic E-state index is 0.0745. The Bertz CT molecular complexity index is 1290. The van der Waals surface area contributed by atoms with Gasteiger partial charge in [-0.2, -0.15) is 8.61 Å². The van der Waals surface area contributed by atoms with E-state index in [9.17, 15) is 21.6 Å². The summed E-state index contributed by atoms with van der Waals surface area (Å²) >= 11 is 6.14. The summed E-state index contributed by atoms with van der Waals surface area (Å²) in [4.78, 5) is 12.7. The van der Waals surface area contributed by atoms with Gasteiger partial charge < -0.3 is 10.1 Å². The second-order valence-electron chi connectivity index (χ2n) is 8.80. The lowest BCUT2D eigenvalue weighted by Gasteiger charge is -2.25. The van der Waals surface area contributed by atoms with Crippen molar-refractivity contribution in [1.29, 1.82) is 0 Å². The van der Waals surface area contributed by atoms with Crippen LogP contribution in [0.5, 0.6) is 5.75 Å². The Balaban J connectivity index is 1.30. The van der Waals surface area contributed by atoms with Crippen molar-refractivity contribution in [2.24, 2.45) is 0 Å². The summed E-state index contributed by atoms with van der Waals surface area (Å²) in [6, 6.07) is 10.4. The van der Waals surface area contributed by atoms with Crippen LogP contribution in [0.15, 0.2) is 52.3 Å². The normalized spacial score (nSPS) is 17.7. The first-order valence-electron chi connectivity index (χ1n) is 12.0. The van der Waals surface area contributed by atoms with E-state index < -0.39 is 26.0 Å².